The normalized spacial score (nSPS) is 42.3. The Balaban J connectivity index is 1.38. The van der Waals surface area contributed by atoms with E-state index in [0.717, 1.165) is 51.5 Å². The van der Waals surface area contributed by atoms with Gasteiger partial charge in [0, 0.05) is 31.3 Å². The molecule has 2 amide bonds. The fourth-order valence-corrected chi connectivity index (χ4v) is 7.97. The number of nitriles is 1. The van der Waals surface area contributed by atoms with Gasteiger partial charge in [-0.3, -0.25) is 9.59 Å². The number of nitrogens with zero attached hydrogens (tertiary/aromatic N) is 1. The molecule has 0 spiro atoms. The lowest BCUT2D eigenvalue weighted by molar-refractivity contribution is -0.141. The topological polar surface area (TPSA) is 82.0 Å². The van der Waals surface area contributed by atoms with E-state index < -0.39 is 0 Å². The third-order valence-corrected chi connectivity index (χ3v) is 9.68. The van der Waals surface area contributed by atoms with Crippen LogP contribution in [0.5, 0.6) is 0 Å². The Labute approximate surface area is 181 Å². The van der Waals surface area contributed by atoms with Gasteiger partial charge in [0.05, 0.1) is 6.07 Å². The maximum Gasteiger partial charge on any atom is 0.223 e. The zero-order valence-corrected chi connectivity index (χ0v) is 18.8. The van der Waals surface area contributed by atoms with Gasteiger partial charge in [-0.1, -0.05) is 20.3 Å². The number of rotatable bonds is 6. The van der Waals surface area contributed by atoms with Crippen LogP contribution in [-0.4, -0.2) is 24.4 Å². The number of carbonyl (C=O) groups excluding carboxylic acids is 2. The number of unbranched alkanes of at least 4 members (excludes halogenated alkanes) is 3. The highest BCUT2D eigenvalue weighted by Crippen LogP contribution is 2.65. The van der Waals surface area contributed by atoms with Crippen LogP contribution in [0.2, 0.25) is 0 Å². The van der Waals surface area contributed by atoms with Gasteiger partial charge >= 0.3 is 0 Å². The molecule has 5 nitrogen and oxygen atoms in total. The molecule has 4 aliphatic rings. The van der Waals surface area contributed by atoms with Crippen molar-refractivity contribution in [3.63, 3.8) is 0 Å². The van der Waals surface area contributed by atoms with Crippen molar-refractivity contribution in [2.45, 2.75) is 96.9 Å². The average molecular weight is 414 g/mol. The highest BCUT2D eigenvalue weighted by atomic mass is 16.2. The van der Waals surface area contributed by atoms with Gasteiger partial charge < -0.3 is 10.6 Å². The van der Waals surface area contributed by atoms with Gasteiger partial charge in [-0.2, -0.15) is 5.26 Å². The van der Waals surface area contributed by atoms with Gasteiger partial charge in [-0.05, 0) is 86.4 Å². The first kappa shape index (κ1) is 21.7. The molecule has 7 atom stereocenters. The smallest absolute Gasteiger partial charge is 0.223 e. The molecule has 0 aromatic carbocycles. The molecule has 0 bridgehead atoms. The molecule has 30 heavy (non-hydrogen) atoms. The van der Waals surface area contributed by atoms with Crippen LogP contribution in [0.15, 0.2) is 0 Å². The number of amides is 2. The van der Waals surface area contributed by atoms with Crippen LogP contribution in [0.25, 0.3) is 0 Å². The first-order valence-electron chi connectivity index (χ1n) is 12.3. The van der Waals surface area contributed by atoms with Crippen molar-refractivity contribution in [3.05, 3.63) is 0 Å². The predicted molar refractivity (Wildman–Crippen MR) is 116 cm³/mol. The molecular formula is C25H39N3O2. The molecule has 4 rings (SSSR count). The Morgan fingerprint density at radius 1 is 1.07 bits per heavy atom. The summed E-state index contributed by atoms with van der Waals surface area (Å²) in [4.78, 5) is 25.0. The number of fused-ring (bicyclic) bond motifs is 5. The van der Waals surface area contributed by atoms with Crippen LogP contribution >= 0.6 is 0 Å². The minimum atomic E-state index is 0.132. The van der Waals surface area contributed by atoms with Gasteiger partial charge in [-0.15, -0.1) is 0 Å². The number of hydrogen-bond donors (Lipinski definition) is 2. The summed E-state index contributed by atoms with van der Waals surface area (Å²) in [7, 11) is 0. The molecule has 2 unspecified atom stereocenters. The number of hydrogen-bond acceptors (Lipinski definition) is 3. The molecule has 3 saturated carbocycles. The van der Waals surface area contributed by atoms with E-state index in [0.29, 0.717) is 36.6 Å². The molecule has 166 valence electrons. The summed E-state index contributed by atoms with van der Waals surface area (Å²) in [5, 5.41) is 15.2. The maximum absolute atomic E-state index is 13.1. The molecule has 1 aliphatic heterocycles. The van der Waals surface area contributed by atoms with Gasteiger partial charge in [0.25, 0.3) is 0 Å². The number of nitrogens with one attached hydrogen (secondary N) is 2. The molecule has 4 fully saturated rings. The number of piperidine rings is 1. The van der Waals surface area contributed by atoms with Crippen LogP contribution in [0, 0.1) is 45.8 Å². The van der Waals surface area contributed by atoms with Crippen molar-refractivity contribution in [2.75, 3.05) is 6.54 Å². The average Bonchev–Trinajstić information content (AvgIpc) is 3.08. The van der Waals surface area contributed by atoms with E-state index in [4.69, 9.17) is 5.26 Å². The van der Waals surface area contributed by atoms with E-state index in [-0.39, 0.29) is 28.6 Å². The summed E-state index contributed by atoms with van der Waals surface area (Å²) in [5.41, 5.74) is 0.370. The first-order valence-corrected chi connectivity index (χ1v) is 12.3. The molecule has 0 aromatic heterocycles. The molecule has 0 aromatic rings. The van der Waals surface area contributed by atoms with Crippen molar-refractivity contribution >= 4 is 11.8 Å². The fraction of sp³-hybridized carbons (Fsp3) is 0.880. The Hall–Kier alpha value is -1.57. The van der Waals surface area contributed by atoms with Crippen LogP contribution in [-0.2, 0) is 9.59 Å². The van der Waals surface area contributed by atoms with E-state index in [2.05, 4.69) is 30.6 Å². The van der Waals surface area contributed by atoms with E-state index in [1.165, 1.54) is 19.3 Å². The molecule has 3 aliphatic carbocycles. The lowest BCUT2D eigenvalue weighted by Gasteiger charge is -2.60. The van der Waals surface area contributed by atoms with Crippen molar-refractivity contribution in [1.29, 1.82) is 5.26 Å². The quantitative estimate of drug-likeness (QED) is 0.636. The Morgan fingerprint density at radius 3 is 2.67 bits per heavy atom. The minimum Gasteiger partial charge on any atom is -0.356 e. The molecule has 1 saturated heterocycles. The second kappa shape index (κ2) is 8.52. The second-order valence-electron chi connectivity index (χ2n) is 11.0. The summed E-state index contributed by atoms with van der Waals surface area (Å²) in [6.07, 6.45) is 12.1. The lowest BCUT2D eigenvalue weighted by atomic mass is 9.47. The van der Waals surface area contributed by atoms with Gasteiger partial charge in [0.2, 0.25) is 11.8 Å². The summed E-state index contributed by atoms with van der Waals surface area (Å²) in [5.74, 6) is 2.71. The second-order valence-corrected chi connectivity index (χ2v) is 11.0. The predicted octanol–water partition coefficient (Wildman–Crippen LogP) is 4.32. The Kier molecular flexibility index (Phi) is 6.15. The zero-order valence-electron chi connectivity index (χ0n) is 18.8. The summed E-state index contributed by atoms with van der Waals surface area (Å²) >= 11 is 0. The third kappa shape index (κ3) is 3.65. The first-order chi connectivity index (χ1) is 14.4. The SMILES string of the molecule is C[C@]12CCC(=O)NC1CC[C@@H]1[C@H]2CC[C@]2(C)C(C(=O)NCCCCCC#N)CC[C@@H]12. The molecular weight excluding hydrogens is 374 g/mol. The summed E-state index contributed by atoms with van der Waals surface area (Å²) in [6.45, 7) is 5.57. The molecule has 2 N–H and O–H groups in total. The highest BCUT2D eigenvalue weighted by Gasteiger charge is 2.61. The molecule has 0 radical (unpaired) electrons. The standard InChI is InChI=1S/C25H39N3O2/c1-24-13-11-19-17(7-10-21-25(19,2)14-12-22(29)28-21)18(24)8-9-20(24)23(30)27-16-6-4-3-5-15-26/h17-21H,3-14,16H2,1-2H3,(H,27,30)(H,28,29)/t17-,18-,19+,20?,21?,24-,25+/m0/s1. The highest BCUT2D eigenvalue weighted by molar-refractivity contribution is 5.80. The van der Waals surface area contributed by atoms with Crippen molar-refractivity contribution < 1.29 is 9.59 Å². The molecule has 5 heteroatoms. The van der Waals surface area contributed by atoms with Crippen LogP contribution in [0.4, 0.5) is 0 Å². The largest absolute Gasteiger partial charge is 0.356 e. The van der Waals surface area contributed by atoms with E-state index >= 15 is 0 Å². The summed E-state index contributed by atoms with van der Waals surface area (Å²) < 4.78 is 0. The fourth-order valence-electron chi connectivity index (χ4n) is 7.97. The van der Waals surface area contributed by atoms with E-state index in [9.17, 15) is 9.59 Å². The van der Waals surface area contributed by atoms with Crippen LogP contribution < -0.4 is 10.6 Å². The van der Waals surface area contributed by atoms with Gasteiger partial charge in [0.15, 0.2) is 0 Å². The van der Waals surface area contributed by atoms with Crippen molar-refractivity contribution in [3.8, 4) is 6.07 Å². The van der Waals surface area contributed by atoms with E-state index in [1.54, 1.807) is 0 Å². The Morgan fingerprint density at radius 2 is 1.87 bits per heavy atom. The van der Waals surface area contributed by atoms with Gasteiger partial charge in [-0.25, -0.2) is 0 Å². The van der Waals surface area contributed by atoms with Crippen molar-refractivity contribution in [1.82, 2.24) is 10.6 Å². The summed E-state index contributed by atoms with van der Waals surface area (Å²) in [6, 6.07) is 2.54. The minimum absolute atomic E-state index is 0.132. The van der Waals surface area contributed by atoms with Crippen LogP contribution in [0.1, 0.15) is 90.9 Å². The zero-order chi connectivity index (χ0) is 21.4. The monoisotopic (exact) mass is 413 g/mol. The number of carbonyl (C=O) groups is 2. The van der Waals surface area contributed by atoms with Crippen LogP contribution in [0.3, 0.4) is 0 Å². The maximum atomic E-state index is 13.1. The van der Waals surface area contributed by atoms with Gasteiger partial charge in [0.1, 0.15) is 0 Å². The van der Waals surface area contributed by atoms with E-state index in [1.807, 2.05) is 0 Å². The van der Waals surface area contributed by atoms with Crippen molar-refractivity contribution in [2.24, 2.45) is 34.5 Å². The Bertz CT molecular complexity index is 716. The lowest BCUT2D eigenvalue weighted by Crippen LogP contribution is -2.61. The molecule has 1 heterocycles. The third-order valence-electron chi connectivity index (χ3n) is 9.68.